The van der Waals surface area contributed by atoms with Gasteiger partial charge in [0.05, 0.1) is 18.4 Å². The van der Waals surface area contributed by atoms with Crippen LogP contribution in [0.1, 0.15) is 20.7 Å². The van der Waals surface area contributed by atoms with E-state index < -0.39 is 0 Å². The molecule has 5 heteroatoms. The molecule has 114 valence electrons. The van der Waals surface area contributed by atoms with Crippen molar-refractivity contribution >= 4 is 35.3 Å². The van der Waals surface area contributed by atoms with Gasteiger partial charge in [0, 0.05) is 15.4 Å². The van der Waals surface area contributed by atoms with E-state index in [2.05, 4.69) is 4.74 Å². The second-order valence-corrected chi connectivity index (χ2v) is 6.27. The number of hydrogen-bond donors (Lipinski definition) is 0. The molecule has 0 N–H and O–H groups in total. The molecular weight excluding hydrogens is 316 g/mol. The number of ether oxygens (including phenoxy) is 1. The molecule has 22 heavy (non-hydrogen) atoms. The zero-order chi connectivity index (χ0) is 15.9. The van der Waals surface area contributed by atoms with E-state index in [0.29, 0.717) is 11.3 Å². The van der Waals surface area contributed by atoms with Gasteiger partial charge >= 0.3 is 5.97 Å². The molecule has 0 fully saturated rings. The van der Waals surface area contributed by atoms with E-state index in [1.807, 2.05) is 48.7 Å². The summed E-state index contributed by atoms with van der Waals surface area (Å²) in [6, 6.07) is 15.1. The number of carbonyl (C=O) groups excluding carboxylic acids is 2. The molecule has 0 aliphatic carbocycles. The second-order valence-electron chi connectivity index (χ2n) is 4.40. The zero-order valence-electron chi connectivity index (χ0n) is 12.4. The van der Waals surface area contributed by atoms with Crippen LogP contribution in [-0.2, 0) is 4.74 Å². The van der Waals surface area contributed by atoms with Gasteiger partial charge in [-0.15, -0.1) is 23.5 Å². The lowest BCUT2D eigenvalue weighted by atomic mass is 10.2. The highest BCUT2D eigenvalue weighted by Gasteiger charge is 2.18. The minimum absolute atomic E-state index is 0.264. The van der Waals surface area contributed by atoms with Gasteiger partial charge in [0.15, 0.2) is 5.78 Å². The fourth-order valence-corrected chi connectivity index (χ4v) is 3.51. The topological polar surface area (TPSA) is 43.4 Å². The van der Waals surface area contributed by atoms with E-state index >= 15 is 0 Å². The smallest absolute Gasteiger partial charge is 0.338 e. The zero-order valence-corrected chi connectivity index (χ0v) is 14.0. The van der Waals surface area contributed by atoms with Crippen molar-refractivity contribution in [2.24, 2.45) is 0 Å². The number of Topliss-reactive ketones (excluding diaryl/α,β-unsaturated/α-hetero) is 1. The number of esters is 1. The summed E-state index contributed by atoms with van der Waals surface area (Å²) >= 11 is 3.16. The third-order valence-corrected chi connectivity index (χ3v) is 4.93. The van der Waals surface area contributed by atoms with Gasteiger partial charge in [-0.2, -0.15) is 0 Å². The van der Waals surface area contributed by atoms with Crippen LogP contribution in [0.15, 0.2) is 58.3 Å². The molecule has 0 radical (unpaired) electrons. The molecule has 0 atom stereocenters. The first-order chi connectivity index (χ1) is 10.7. The first-order valence-corrected chi connectivity index (χ1v) is 8.84. The number of hydrogen-bond acceptors (Lipinski definition) is 5. The van der Waals surface area contributed by atoms with Crippen LogP contribution in [0.25, 0.3) is 0 Å². The molecule has 1 aliphatic rings. The summed E-state index contributed by atoms with van der Waals surface area (Å²) < 4.78 is 4.63. The van der Waals surface area contributed by atoms with Gasteiger partial charge in [-0.25, -0.2) is 4.79 Å². The molecule has 0 unspecified atom stereocenters. The molecular formula is C17H16O3S2. The van der Waals surface area contributed by atoms with E-state index in [-0.39, 0.29) is 11.8 Å². The summed E-state index contributed by atoms with van der Waals surface area (Å²) in [5.74, 6) is 0.611. The van der Waals surface area contributed by atoms with Crippen LogP contribution in [0.3, 0.4) is 0 Å². The van der Waals surface area contributed by atoms with E-state index in [1.165, 1.54) is 18.9 Å². The number of methoxy groups -OCH3 is 1. The highest BCUT2D eigenvalue weighted by molar-refractivity contribution is 8.00. The Hall–Kier alpha value is -1.72. The molecule has 0 amide bonds. The number of rotatable bonds is 2. The molecule has 0 bridgehead atoms. The number of benzene rings is 2. The van der Waals surface area contributed by atoms with Crippen LogP contribution in [-0.4, -0.2) is 30.9 Å². The van der Waals surface area contributed by atoms with E-state index in [1.54, 1.807) is 17.8 Å². The lowest BCUT2D eigenvalue weighted by Gasteiger charge is -2.03. The molecule has 1 heterocycles. The summed E-state index contributed by atoms with van der Waals surface area (Å²) in [6.45, 7) is 0. The fourth-order valence-electron chi connectivity index (χ4n) is 1.97. The Morgan fingerprint density at radius 3 is 2.50 bits per heavy atom. The summed E-state index contributed by atoms with van der Waals surface area (Å²) in [6.07, 6.45) is 1.93. The summed E-state index contributed by atoms with van der Waals surface area (Å²) in [4.78, 5) is 24.3. The molecule has 0 saturated carbocycles. The summed E-state index contributed by atoms with van der Waals surface area (Å²) in [5.41, 5.74) is 1.53. The molecule has 3 rings (SSSR count). The largest absolute Gasteiger partial charge is 0.465 e. The van der Waals surface area contributed by atoms with Crippen LogP contribution in [0.4, 0.5) is 0 Å². The maximum Gasteiger partial charge on any atom is 0.338 e. The maximum absolute atomic E-state index is 11.2. The molecule has 1 aliphatic heterocycles. The van der Waals surface area contributed by atoms with Crippen molar-refractivity contribution in [3.05, 3.63) is 59.7 Å². The monoisotopic (exact) mass is 332 g/mol. The van der Waals surface area contributed by atoms with E-state index in [9.17, 15) is 9.59 Å². The predicted molar refractivity (Wildman–Crippen MR) is 91.1 cm³/mol. The van der Waals surface area contributed by atoms with Crippen LogP contribution in [0, 0.1) is 0 Å². The van der Waals surface area contributed by atoms with Gasteiger partial charge in [-0.05, 0) is 24.5 Å². The van der Waals surface area contributed by atoms with Crippen molar-refractivity contribution in [2.75, 3.05) is 19.1 Å². The number of ketones is 1. The van der Waals surface area contributed by atoms with Crippen molar-refractivity contribution < 1.29 is 14.3 Å². The average molecular weight is 332 g/mol. The third kappa shape index (κ3) is 3.93. The normalized spacial score (nSPS) is 12.2. The van der Waals surface area contributed by atoms with Crippen LogP contribution in [0.2, 0.25) is 0 Å². The summed E-state index contributed by atoms with van der Waals surface area (Å²) in [5, 5.41) is 0. The van der Waals surface area contributed by atoms with Crippen molar-refractivity contribution in [2.45, 2.75) is 9.79 Å². The third-order valence-electron chi connectivity index (χ3n) is 3.06. The van der Waals surface area contributed by atoms with Crippen molar-refractivity contribution in [3.63, 3.8) is 0 Å². The Morgan fingerprint density at radius 1 is 1.14 bits per heavy atom. The predicted octanol–water partition coefficient (Wildman–Crippen LogP) is 4.17. The SMILES string of the molecule is COC(=O)c1ccccc1SC.O=C1CSc2ccccc21. The number of thioether (sulfide) groups is 2. The van der Waals surface area contributed by atoms with Crippen molar-refractivity contribution in [1.29, 1.82) is 0 Å². The lowest BCUT2D eigenvalue weighted by Crippen LogP contribution is -2.02. The molecule has 0 aromatic heterocycles. The number of fused-ring (bicyclic) bond motifs is 1. The van der Waals surface area contributed by atoms with Gasteiger partial charge in [0.25, 0.3) is 0 Å². The first-order valence-electron chi connectivity index (χ1n) is 6.63. The quantitative estimate of drug-likeness (QED) is 0.610. The average Bonchev–Trinajstić information content (AvgIpc) is 2.96. The van der Waals surface area contributed by atoms with Gasteiger partial charge in [-0.1, -0.05) is 30.3 Å². The Labute approximate surface area is 138 Å². The first kappa shape index (κ1) is 16.6. The van der Waals surface area contributed by atoms with E-state index in [0.717, 1.165) is 15.4 Å². The Bertz CT molecular complexity index is 683. The standard InChI is InChI=1S/C9H10O2S.C8H6OS/c1-11-9(10)7-5-3-4-6-8(7)12-2;9-7-5-10-8-4-2-1-3-6(7)8/h3-6H,1-2H3;1-4H,5H2. The highest BCUT2D eigenvalue weighted by atomic mass is 32.2. The van der Waals surface area contributed by atoms with Gasteiger partial charge in [0.1, 0.15) is 0 Å². The highest BCUT2D eigenvalue weighted by Crippen LogP contribution is 2.30. The Balaban J connectivity index is 0.000000162. The maximum atomic E-state index is 11.2. The van der Waals surface area contributed by atoms with Gasteiger partial charge < -0.3 is 4.74 Å². The molecule has 0 spiro atoms. The second kappa shape index (κ2) is 8.06. The minimum Gasteiger partial charge on any atom is -0.465 e. The Morgan fingerprint density at radius 2 is 1.82 bits per heavy atom. The van der Waals surface area contributed by atoms with Gasteiger partial charge in [0.2, 0.25) is 0 Å². The van der Waals surface area contributed by atoms with Crippen LogP contribution < -0.4 is 0 Å². The Kier molecular flexibility index (Phi) is 6.10. The minimum atomic E-state index is -0.278. The fraction of sp³-hybridized carbons (Fsp3) is 0.176. The molecule has 2 aromatic rings. The lowest BCUT2D eigenvalue weighted by molar-refractivity contribution is 0.0596. The van der Waals surface area contributed by atoms with Crippen molar-refractivity contribution in [3.8, 4) is 0 Å². The van der Waals surface area contributed by atoms with Gasteiger partial charge in [-0.3, -0.25) is 4.79 Å². The number of carbonyl (C=O) groups is 2. The van der Waals surface area contributed by atoms with E-state index in [4.69, 9.17) is 0 Å². The molecule has 3 nitrogen and oxygen atoms in total. The molecule has 2 aromatic carbocycles. The molecule has 0 saturated heterocycles. The van der Waals surface area contributed by atoms with Crippen LogP contribution >= 0.6 is 23.5 Å². The van der Waals surface area contributed by atoms with Crippen molar-refractivity contribution in [1.82, 2.24) is 0 Å². The van der Waals surface area contributed by atoms with Crippen LogP contribution in [0.5, 0.6) is 0 Å². The summed E-state index contributed by atoms with van der Waals surface area (Å²) in [7, 11) is 1.39.